The molecule has 0 radical (unpaired) electrons. The number of hydrogen-bond donors (Lipinski definition) is 1. The van der Waals surface area contributed by atoms with E-state index in [9.17, 15) is 0 Å². The topological polar surface area (TPSA) is 26.0 Å². The Labute approximate surface area is 96.2 Å². The third-order valence-electron chi connectivity index (χ3n) is 2.44. The zero-order valence-corrected chi connectivity index (χ0v) is 9.14. The predicted octanol–water partition coefficient (Wildman–Crippen LogP) is 3.52. The van der Waals surface area contributed by atoms with Gasteiger partial charge in [0.1, 0.15) is 0 Å². The lowest BCUT2D eigenvalue weighted by atomic mass is 10.1. The summed E-state index contributed by atoms with van der Waals surface area (Å²) in [5.41, 5.74) is 8.96. The molecule has 0 spiro atoms. The molecule has 16 heavy (non-hydrogen) atoms. The van der Waals surface area contributed by atoms with Gasteiger partial charge in [-0.15, -0.1) is 0 Å². The van der Waals surface area contributed by atoms with Crippen LogP contribution < -0.4 is 5.73 Å². The Morgan fingerprint density at radius 3 is 2.25 bits per heavy atom. The largest absolute Gasteiger partial charge is 0.399 e. The Bertz CT molecular complexity index is 455. The van der Waals surface area contributed by atoms with E-state index < -0.39 is 0 Å². The Hall–Kier alpha value is -2.02. The molecule has 0 saturated carbocycles. The first-order chi connectivity index (χ1) is 7.84. The highest BCUT2D eigenvalue weighted by Gasteiger charge is 1.89. The highest BCUT2D eigenvalue weighted by atomic mass is 14.5. The first-order valence-electron chi connectivity index (χ1n) is 5.40. The molecule has 0 unspecified atom stereocenters. The summed E-state index contributed by atoms with van der Waals surface area (Å²) in [6.07, 6.45) is 5.24. The summed E-state index contributed by atoms with van der Waals surface area (Å²) in [7, 11) is 0. The Balaban J connectivity index is 1.97. The van der Waals surface area contributed by atoms with Crippen LogP contribution in [0.1, 0.15) is 11.1 Å². The molecule has 1 nitrogen and oxygen atoms in total. The molecule has 0 fully saturated rings. The molecule has 0 bridgehead atoms. The standard InChI is InChI=1S/C15H15N/c16-15-11-9-14(10-12-15)8-4-7-13-5-2-1-3-6-13/h1-7,9-12H,8,16H2/b7-4+. The third-order valence-corrected chi connectivity index (χ3v) is 2.44. The molecule has 0 aliphatic heterocycles. The van der Waals surface area contributed by atoms with Crippen molar-refractivity contribution in [3.05, 3.63) is 71.8 Å². The summed E-state index contributed by atoms with van der Waals surface area (Å²) in [6.45, 7) is 0. The molecular weight excluding hydrogens is 194 g/mol. The van der Waals surface area contributed by atoms with E-state index in [0.29, 0.717) is 0 Å². The number of rotatable bonds is 3. The molecule has 1 heteroatoms. The maximum Gasteiger partial charge on any atom is 0.0314 e. The summed E-state index contributed by atoms with van der Waals surface area (Å²) in [6, 6.07) is 18.3. The number of allylic oxidation sites excluding steroid dienone is 1. The average Bonchev–Trinajstić information content (AvgIpc) is 2.33. The molecule has 2 aromatic rings. The van der Waals surface area contributed by atoms with Crippen LogP contribution in [0.5, 0.6) is 0 Å². The summed E-state index contributed by atoms with van der Waals surface area (Å²) in [5, 5.41) is 0. The van der Waals surface area contributed by atoms with Crippen molar-refractivity contribution in [3.63, 3.8) is 0 Å². The first-order valence-corrected chi connectivity index (χ1v) is 5.40. The van der Waals surface area contributed by atoms with Gasteiger partial charge >= 0.3 is 0 Å². The fraction of sp³-hybridized carbons (Fsp3) is 0.0667. The molecule has 0 aliphatic carbocycles. The molecule has 0 amide bonds. The molecule has 2 aromatic carbocycles. The number of nitrogen functional groups attached to an aromatic ring is 1. The van der Waals surface area contributed by atoms with Gasteiger partial charge in [-0.3, -0.25) is 0 Å². The van der Waals surface area contributed by atoms with E-state index in [1.165, 1.54) is 11.1 Å². The van der Waals surface area contributed by atoms with Crippen molar-refractivity contribution < 1.29 is 0 Å². The lowest BCUT2D eigenvalue weighted by molar-refractivity contribution is 1.28. The zero-order valence-electron chi connectivity index (χ0n) is 9.14. The zero-order chi connectivity index (χ0) is 11.2. The predicted molar refractivity (Wildman–Crippen MR) is 70.0 cm³/mol. The smallest absolute Gasteiger partial charge is 0.0314 e. The van der Waals surface area contributed by atoms with Crippen LogP contribution in [0.4, 0.5) is 5.69 Å². The van der Waals surface area contributed by atoms with Crippen LogP contribution in [-0.2, 0) is 6.42 Å². The quantitative estimate of drug-likeness (QED) is 0.769. The van der Waals surface area contributed by atoms with Gasteiger partial charge in [0.05, 0.1) is 0 Å². The summed E-state index contributed by atoms with van der Waals surface area (Å²) in [4.78, 5) is 0. The van der Waals surface area contributed by atoms with E-state index in [1.54, 1.807) is 0 Å². The van der Waals surface area contributed by atoms with Crippen LogP contribution in [0.15, 0.2) is 60.7 Å². The van der Waals surface area contributed by atoms with Gasteiger partial charge in [-0.1, -0.05) is 54.6 Å². The maximum absolute atomic E-state index is 5.63. The minimum Gasteiger partial charge on any atom is -0.399 e. The van der Waals surface area contributed by atoms with E-state index in [-0.39, 0.29) is 0 Å². The summed E-state index contributed by atoms with van der Waals surface area (Å²) >= 11 is 0. The van der Waals surface area contributed by atoms with Gasteiger partial charge in [-0.25, -0.2) is 0 Å². The van der Waals surface area contributed by atoms with Gasteiger partial charge in [0.25, 0.3) is 0 Å². The van der Waals surface area contributed by atoms with Crippen molar-refractivity contribution in [2.45, 2.75) is 6.42 Å². The minimum absolute atomic E-state index is 0.816. The lowest BCUT2D eigenvalue weighted by Crippen LogP contribution is -1.85. The molecule has 80 valence electrons. The number of benzene rings is 2. The normalized spacial score (nSPS) is 10.8. The second-order valence-electron chi connectivity index (χ2n) is 3.76. The fourth-order valence-corrected chi connectivity index (χ4v) is 1.55. The van der Waals surface area contributed by atoms with E-state index in [0.717, 1.165) is 12.1 Å². The molecule has 0 heterocycles. The molecule has 0 atom stereocenters. The van der Waals surface area contributed by atoms with Gasteiger partial charge in [-0.05, 0) is 29.7 Å². The van der Waals surface area contributed by atoms with Gasteiger partial charge in [0.2, 0.25) is 0 Å². The Morgan fingerprint density at radius 2 is 1.56 bits per heavy atom. The van der Waals surface area contributed by atoms with E-state index in [2.05, 4.69) is 36.4 Å². The summed E-state index contributed by atoms with van der Waals surface area (Å²) < 4.78 is 0. The SMILES string of the molecule is Nc1ccc(C/C=C/c2ccccc2)cc1. The van der Waals surface area contributed by atoms with Gasteiger partial charge < -0.3 is 5.73 Å². The molecule has 0 aliphatic rings. The molecular formula is C15H15N. The third kappa shape index (κ3) is 2.99. The van der Waals surface area contributed by atoms with Crippen LogP contribution in [0, 0.1) is 0 Å². The molecule has 2 rings (SSSR count). The van der Waals surface area contributed by atoms with Crippen molar-refractivity contribution in [1.82, 2.24) is 0 Å². The minimum atomic E-state index is 0.816. The van der Waals surface area contributed by atoms with Crippen molar-refractivity contribution >= 4 is 11.8 Å². The lowest BCUT2D eigenvalue weighted by Gasteiger charge is -1.97. The highest BCUT2D eigenvalue weighted by molar-refractivity contribution is 5.49. The van der Waals surface area contributed by atoms with E-state index >= 15 is 0 Å². The van der Waals surface area contributed by atoms with Gasteiger partial charge in [0.15, 0.2) is 0 Å². The van der Waals surface area contributed by atoms with Crippen molar-refractivity contribution in [2.75, 3.05) is 5.73 Å². The Morgan fingerprint density at radius 1 is 0.875 bits per heavy atom. The summed E-state index contributed by atoms with van der Waals surface area (Å²) in [5.74, 6) is 0. The van der Waals surface area contributed by atoms with E-state index in [1.807, 2.05) is 30.3 Å². The number of nitrogens with two attached hydrogens (primary N) is 1. The van der Waals surface area contributed by atoms with E-state index in [4.69, 9.17) is 5.73 Å². The van der Waals surface area contributed by atoms with Gasteiger partial charge in [0, 0.05) is 5.69 Å². The van der Waals surface area contributed by atoms with Crippen molar-refractivity contribution in [3.8, 4) is 0 Å². The first kappa shape index (κ1) is 10.5. The van der Waals surface area contributed by atoms with Crippen LogP contribution in [-0.4, -0.2) is 0 Å². The Kier molecular flexibility index (Phi) is 3.39. The van der Waals surface area contributed by atoms with Crippen molar-refractivity contribution in [2.24, 2.45) is 0 Å². The monoisotopic (exact) mass is 209 g/mol. The van der Waals surface area contributed by atoms with Crippen molar-refractivity contribution in [1.29, 1.82) is 0 Å². The molecule has 0 saturated heterocycles. The number of hydrogen-bond acceptors (Lipinski definition) is 1. The second-order valence-corrected chi connectivity index (χ2v) is 3.76. The van der Waals surface area contributed by atoms with Crippen LogP contribution >= 0.6 is 0 Å². The fourth-order valence-electron chi connectivity index (χ4n) is 1.55. The van der Waals surface area contributed by atoms with Gasteiger partial charge in [-0.2, -0.15) is 0 Å². The molecule has 0 aromatic heterocycles. The number of anilines is 1. The van der Waals surface area contributed by atoms with Crippen LogP contribution in [0.25, 0.3) is 6.08 Å². The average molecular weight is 209 g/mol. The van der Waals surface area contributed by atoms with Crippen LogP contribution in [0.3, 0.4) is 0 Å². The molecule has 2 N–H and O–H groups in total. The maximum atomic E-state index is 5.63. The van der Waals surface area contributed by atoms with Crippen LogP contribution in [0.2, 0.25) is 0 Å². The highest BCUT2D eigenvalue weighted by Crippen LogP contribution is 2.08. The second kappa shape index (κ2) is 5.17.